The summed E-state index contributed by atoms with van der Waals surface area (Å²) >= 11 is 0. The third-order valence-corrected chi connectivity index (χ3v) is 4.12. The molecule has 9 nitrogen and oxygen atoms in total. The first kappa shape index (κ1) is 23.6. The average molecular weight is 427 g/mol. The van der Waals surface area contributed by atoms with Gasteiger partial charge in [0.15, 0.2) is 0 Å². The second-order valence-corrected chi connectivity index (χ2v) is 6.57. The summed E-state index contributed by atoms with van der Waals surface area (Å²) in [4.78, 5) is 49.0. The lowest BCUT2D eigenvalue weighted by Gasteiger charge is -2.11. The van der Waals surface area contributed by atoms with Gasteiger partial charge in [-0.1, -0.05) is 36.4 Å². The second kappa shape index (κ2) is 12.8. The molecule has 0 bridgehead atoms. The lowest BCUT2D eigenvalue weighted by atomic mass is 10.1. The van der Waals surface area contributed by atoms with Crippen molar-refractivity contribution in [2.45, 2.75) is 32.2 Å². The van der Waals surface area contributed by atoms with Gasteiger partial charge in [0.05, 0.1) is 11.1 Å². The summed E-state index contributed by atoms with van der Waals surface area (Å²) in [6.07, 6.45) is 1.39. The van der Waals surface area contributed by atoms with Crippen molar-refractivity contribution < 1.29 is 29.2 Å². The Labute approximate surface area is 180 Å². The number of nitrogens with zero attached hydrogens (tertiary/aromatic N) is 1. The Morgan fingerprint density at radius 1 is 0.903 bits per heavy atom. The normalized spacial score (nSPS) is 12.0. The van der Waals surface area contributed by atoms with Crippen molar-refractivity contribution in [1.29, 1.82) is 0 Å². The molecular weight excluding hydrogens is 402 g/mol. The maximum atomic E-state index is 11.9. The molecule has 0 saturated carbocycles. The quantitative estimate of drug-likeness (QED) is 0.229. The molecule has 0 amide bonds. The van der Waals surface area contributed by atoms with Gasteiger partial charge in [0.2, 0.25) is 0 Å². The van der Waals surface area contributed by atoms with Crippen LogP contribution in [0.25, 0.3) is 0 Å². The highest BCUT2D eigenvalue weighted by Gasteiger charge is 2.16. The van der Waals surface area contributed by atoms with E-state index in [0.717, 1.165) is 0 Å². The lowest BCUT2D eigenvalue weighted by molar-refractivity contribution is -0.138. The van der Waals surface area contributed by atoms with Gasteiger partial charge in [-0.25, -0.2) is 19.9 Å². The van der Waals surface area contributed by atoms with E-state index in [0.29, 0.717) is 30.5 Å². The number of hydrogen-bond donors (Lipinski definition) is 3. The maximum Gasteiger partial charge on any atom is 0.362 e. The molecule has 0 heterocycles. The number of benzene rings is 2. The smallest absolute Gasteiger partial charge is 0.362 e. The van der Waals surface area contributed by atoms with Gasteiger partial charge in [-0.15, -0.1) is 0 Å². The van der Waals surface area contributed by atoms with E-state index in [1.54, 1.807) is 60.7 Å². The van der Waals surface area contributed by atoms with E-state index >= 15 is 0 Å². The molecule has 0 aliphatic rings. The van der Waals surface area contributed by atoms with E-state index in [2.05, 4.69) is 16.0 Å². The van der Waals surface area contributed by atoms with Crippen molar-refractivity contribution in [2.75, 3.05) is 6.54 Å². The Kier molecular flexibility index (Phi) is 9.70. The molecule has 2 rings (SSSR count). The number of unbranched alkanes of at least 4 members (excludes halogenated alkanes) is 1. The van der Waals surface area contributed by atoms with Crippen molar-refractivity contribution in [1.82, 2.24) is 11.0 Å². The SMILES string of the molecule is CC(=N[C@@H](CCCCNOC(=O)c1ccccc1)C(=O)O)NOC(=O)c1ccccc1. The van der Waals surface area contributed by atoms with E-state index in [9.17, 15) is 19.5 Å². The van der Waals surface area contributed by atoms with Gasteiger partial charge in [0.25, 0.3) is 0 Å². The van der Waals surface area contributed by atoms with Gasteiger partial charge in [-0.3, -0.25) is 4.99 Å². The predicted molar refractivity (Wildman–Crippen MR) is 113 cm³/mol. The van der Waals surface area contributed by atoms with Gasteiger partial charge in [0, 0.05) is 6.54 Å². The Hall–Kier alpha value is -3.72. The summed E-state index contributed by atoms with van der Waals surface area (Å²) in [5.41, 5.74) is 5.74. The van der Waals surface area contributed by atoms with Crippen LogP contribution in [-0.4, -0.2) is 41.4 Å². The third kappa shape index (κ3) is 8.67. The van der Waals surface area contributed by atoms with Crippen molar-refractivity contribution >= 4 is 23.7 Å². The molecule has 0 spiro atoms. The highest BCUT2D eigenvalue weighted by Crippen LogP contribution is 2.06. The first-order chi connectivity index (χ1) is 15.0. The molecular formula is C22H25N3O6. The van der Waals surface area contributed by atoms with Gasteiger partial charge >= 0.3 is 17.9 Å². The van der Waals surface area contributed by atoms with Crippen LogP contribution in [0.2, 0.25) is 0 Å². The van der Waals surface area contributed by atoms with Gasteiger partial charge < -0.3 is 14.8 Å². The fourth-order valence-corrected chi connectivity index (χ4v) is 2.54. The molecule has 31 heavy (non-hydrogen) atoms. The standard InChI is InChI=1S/C22H25N3O6/c1-16(25-31-22(29)18-12-6-3-7-13-18)24-19(20(26)27)14-8-9-15-23-30-21(28)17-10-4-2-5-11-17/h2-7,10-13,19,23H,8-9,14-15H2,1H3,(H,24,25)(H,26,27)/t19-/m0/s1. The molecule has 0 radical (unpaired) electrons. The molecule has 0 aliphatic carbocycles. The summed E-state index contributed by atoms with van der Waals surface area (Å²) in [7, 11) is 0. The fraction of sp³-hybridized carbons (Fsp3) is 0.273. The van der Waals surface area contributed by atoms with Crippen LogP contribution in [-0.2, 0) is 14.5 Å². The minimum absolute atomic E-state index is 0.173. The molecule has 3 N–H and O–H groups in total. The van der Waals surface area contributed by atoms with Gasteiger partial charge in [0.1, 0.15) is 11.9 Å². The largest absolute Gasteiger partial charge is 0.480 e. The summed E-state index contributed by atoms with van der Waals surface area (Å²) in [6, 6.07) is 16.0. The van der Waals surface area contributed by atoms with Crippen LogP contribution < -0.4 is 11.0 Å². The van der Waals surface area contributed by atoms with Crippen LogP contribution in [0.5, 0.6) is 0 Å². The van der Waals surface area contributed by atoms with Crippen LogP contribution in [0.1, 0.15) is 46.9 Å². The Morgan fingerprint density at radius 2 is 1.45 bits per heavy atom. The summed E-state index contributed by atoms with van der Waals surface area (Å²) in [5, 5.41) is 9.35. The van der Waals surface area contributed by atoms with E-state index in [1.165, 1.54) is 6.92 Å². The van der Waals surface area contributed by atoms with Gasteiger partial charge in [-0.05, 0) is 50.5 Å². The zero-order valence-corrected chi connectivity index (χ0v) is 17.1. The van der Waals surface area contributed by atoms with E-state index in [1.807, 2.05) is 0 Å². The van der Waals surface area contributed by atoms with Crippen LogP contribution in [0, 0.1) is 0 Å². The zero-order chi connectivity index (χ0) is 22.5. The number of carbonyl (C=O) groups excluding carboxylic acids is 2. The van der Waals surface area contributed by atoms with Crippen molar-refractivity contribution in [3.8, 4) is 0 Å². The van der Waals surface area contributed by atoms with E-state index in [4.69, 9.17) is 9.68 Å². The molecule has 2 aromatic carbocycles. The number of hydroxylamine groups is 2. The summed E-state index contributed by atoms with van der Waals surface area (Å²) in [5.74, 6) is -2.00. The number of amidine groups is 1. The molecule has 0 aromatic heterocycles. The topological polar surface area (TPSA) is 126 Å². The number of carboxylic acids is 1. The molecule has 0 aliphatic heterocycles. The number of carbonyl (C=O) groups is 3. The second-order valence-electron chi connectivity index (χ2n) is 6.57. The van der Waals surface area contributed by atoms with Gasteiger partial charge in [-0.2, -0.15) is 5.48 Å². The lowest BCUT2D eigenvalue weighted by Crippen LogP contribution is -2.28. The van der Waals surface area contributed by atoms with E-state index in [-0.39, 0.29) is 12.3 Å². The number of nitrogens with one attached hydrogen (secondary N) is 2. The Morgan fingerprint density at radius 3 is 2.00 bits per heavy atom. The zero-order valence-electron chi connectivity index (χ0n) is 17.1. The Balaban J connectivity index is 1.68. The van der Waals surface area contributed by atoms with Crippen LogP contribution >= 0.6 is 0 Å². The number of aliphatic imine (C=N–C) groups is 1. The first-order valence-electron chi connectivity index (χ1n) is 9.76. The Bertz CT molecular complexity index is 887. The predicted octanol–water partition coefficient (Wildman–Crippen LogP) is 2.75. The fourth-order valence-electron chi connectivity index (χ4n) is 2.54. The highest BCUT2D eigenvalue weighted by molar-refractivity contribution is 5.91. The van der Waals surface area contributed by atoms with Crippen LogP contribution in [0.4, 0.5) is 0 Å². The number of rotatable bonds is 10. The van der Waals surface area contributed by atoms with Crippen molar-refractivity contribution in [3.05, 3.63) is 71.8 Å². The first-order valence-corrected chi connectivity index (χ1v) is 9.76. The molecule has 0 saturated heterocycles. The number of carboxylic acid groups (broad SMARTS) is 1. The minimum Gasteiger partial charge on any atom is -0.480 e. The highest BCUT2D eigenvalue weighted by atomic mass is 16.7. The van der Waals surface area contributed by atoms with Crippen molar-refractivity contribution in [3.63, 3.8) is 0 Å². The molecule has 1 atom stereocenters. The molecule has 9 heteroatoms. The van der Waals surface area contributed by atoms with Crippen molar-refractivity contribution in [2.24, 2.45) is 4.99 Å². The molecule has 2 aromatic rings. The van der Waals surface area contributed by atoms with Crippen LogP contribution in [0.15, 0.2) is 65.7 Å². The molecule has 0 unspecified atom stereocenters. The van der Waals surface area contributed by atoms with E-state index < -0.39 is 23.9 Å². The number of hydrogen-bond acceptors (Lipinski definition) is 7. The minimum atomic E-state index is -1.08. The summed E-state index contributed by atoms with van der Waals surface area (Å²) < 4.78 is 0. The van der Waals surface area contributed by atoms with Crippen LogP contribution in [0.3, 0.4) is 0 Å². The average Bonchev–Trinajstić information content (AvgIpc) is 2.79. The molecule has 164 valence electrons. The monoisotopic (exact) mass is 427 g/mol. The maximum absolute atomic E-state index is 11.9. The summed E-state index contributed by atoms with van der Waals surface area (Å²) in [6.45, 7) is 1.89. The third-order valence-electron chi connectivity index (χ3n) is 4.12. The number of aliphatic carboxylic acids is 1. The molecule has 0 fully saturated rings.